The van der Waals surface area contributed by atoms with E-state index in [1.807, 2.05) is 54.6 Å². The monoisotopic (exact) mass is 801 g/mol. The van der Waals surface area contributed by atoms with Gasteiger partial charge in [0, 0.05) is 26.3 Å². The molecule has 2 N–H and O–H groups in total. The van der Waals surface area contributed by atoms with Crippen molar-refractivity contribution in [2.24, 2.45) is 11.3 Å². The van der Waals surface area contributed by atoms with Gasteiger partial charge in [-0.3, -0.25) is 24.0 Å². The fourth-order valence-electron chi connectivity index (χ4n) is 9.57. The minimum absolute atomic E-state index is 0.0238. The summed E-state index contributed by atoms with van der Waals surface area (Å²) >= 11 is 0. The Morgan fingerprint density at radius 1 is 1.03 bits per heavy atom. The van der Waals surface area contributed by atoms with Gasteiger partial charge in [-0.25, -0.2) is 0 Å². The first-order valence-electron chi connectivity index (χ1n) is 20.6. The molecule has 2 aliphatic carbocycles. The number of nitrogens with one attached hydrogen (secondary N) is 1. The van der Waals surface area contributed by atoms with Crippen LogP contribution in [-0.2, 0) is 60.7 Å². The highest BCUT2D eigenvalue weighted by Crippen LogP contribution is 2.56. The minimum atomic E-state index is -1.49. The molecule has 312 valence electrons. The second-order valence-corrected chi connectivity index (χ2v) is 17.6. The Labute approximate surface area is 339 Å². The molecular weight excluding hydrogens is 746 g/mol. The summed E-state index contributed by atoms with van der Waals surface area (Å²) < 4.78 is 29.2. The molecule has 11 atom stereocenters. The van der Waals surface area contributed by atoms with Crippen molar-refractivity contribution in [3.63, 3.8) is 0 Å². The second kappa shape index (κ2) is 16.5. The van der Waals surface area contributed by atoms with Gasteiger partial charge in [-0.2, -0.15) is 5.06 Å². The molecule has 2 saturated carbocycles. The lowest BCUT2D eigenvalue weighted by Gasteiger charge is -2.50. The Bertz CT molecular complexity index is 1880. The molecule has 4 saturated heterocycles. The average molecular weight is 802 g/mol. The van der Waals surface area contributed by atoms with Crippen LogP contribution in [0.25, 0.3) is 6.08 Å². The van der Waals surface area contributed by atoms with E-state index in [0.29, 0.717) is 18.1 Å². The Hall–Kier alpha value is -4.18. The largest absolute Gasteiger partial charge is 0.460 e. The smallest absolute Gasteiger partial charge is 0.327 e. The number of carbonyl (C=O) groups is 4. The lowest BCUT2D eigenvalue weighted by atomic mass is 9.62. The highest BCUT2D eigenvalue weighted by Gasteiger charge is 2.75. The lowest BCUT2D eigenvalue weighted by molar-refractivity contribution is -0.204. The molecule has 14 heteroatoms. The predicted octanol–water partition coefficient (Wildman–Crippen LogP) is 3.48. The van der Waals surface area contributed by atoms with Gasteiger partial charge in [0.2, 0.25) is 11.8 Å². The van der Waals surface area contributed by atoms with Gasteiger partial charge in [-0.1, -0.05) is 66.7 Å². The molecule has 0 radical (unpaired) electrons. The number of benzene rings is 2. The summed E-state index contributed by atoms with van der Waals surface area (Å²) in [4.78, 5) is 64.6. The molecule has 6 fully saturated rings. The number of aliphatic hydroxyl groups excluding tert-OH is 1. The first-order valence-corrected chi connectivity index (χ1v) is 20.6. The van der Waals surface area contributed by atoms with Crippen molar-refractivity contribution >= 4 is 29.8 Å². The summed E-state index contributed by atoms with van der Waals surface area (Å²) in [6.07, 6.45) is 5.64. The predicted molar refractivity (Wildman–Crippen MR) is 208 cm³/mol. The Morgan fingerprint density at radius 2 is 1.79 bits per heavy atom. The number of allylic oxidation sites excluding steroid dienone is 1. The summed E-state index contributed by atoms with van der Waals surface area (Å²) in [5, 5.41) is 14.7. The van der Waals surface area contributed by atoms with E-state index in [9.17, 15) is 19.5 Å². The number of hydrogen-bond donors (Lipinski definition) is 2. The van der Waals surface area contributed by atoms with Crippen molar-refractivity contribution in [3.8, 4) is 0 Å². The molecule has 0 aromatic heterocycles. The van der Waals surface area contributed by atoms with Crippen LogP contribution in [-0.4, -0.2) is 120 Å². The van der Waals surface area contributed by atoms with Gasteiger partial charge in [0.15, 0.2) is 6.04 Å². The molecule has 6 aliphatic rings. The third kappa shape index (κ3) is 8.19. The van der Waals surface area contributed by atoms with Crippen molar-refractivity contribution < 1.29 is 52.8 Å². The molecular formula is C44H55N3O11. The first-order chi connectivity index (χ1) is 27.8. The maximum atomic E-state index is 15.4. The van der Waals surface area contributed by atoms with E-state index in [4.69, 9.17) is 28.5 Å². The Balaban J connectivity index is 1.07. The quantitative estimate of drug-likeness (QED) is 0.212. The van der Waals surface area contributed by atoms with Gasteiger partial charge in [0.05, 0.1) is 31.4 Å². The van der Waals surface area contributed by atoms with Crippen LogP contribution in [0.5, 0.6) is 0 Å². The number of esters is 2. The number of nitrogens with zero attached hydrogens (tertiary/aromatic N) is 2. The van der Waals surface area contributed by atoms with Gasteiger partial charge in [-0.05, 0) is 69.1 Å². The normalized spacial score (nSPS) is 32.1. The Morgan fingerprint density at radius 3 is 2.55 bits per heavy atom. The summed E-state index contributed by atoms with van der Waals surface area (Å²) in [6, 6.07) is 14.3. The topological polar surface area (TPSA) is 166 Å². The second-order valence-electron chi connectivity index (χ2n) is 17.6. The molecule has 4 heterocycles. The van der Waals surface area contributed by atoms with E-state index in [2.05, 4.69) is 17.5 Å². The van der Waals surface area contributed by atoms with E-state index in [-0.39, 0.29) is 39.0 Å². The van der Waals surface area contributed by atoms with Gasteiger partial charge in [0.1, 0.15) is 48.3 Å². The number of epoxide rings is 1. The van der Waals surface area contributed by atoms with Crippen LogP contribution in [0.15, 0.2) is 60.7 Å². The number of hydroxylamine groups is 2. The Kier molecular flexibility index (Phi) is 11.5. The van der Waals surface area contributed by atoms with Crippen molar-refractivity contribution in [2.45, 2.75) is 133 Å². The lowest BCUT2D eigenvalue weighted by Crippen LogP contribution is -2.70. The SMILES string of the molecule is CN(C(=O)C12CC3OC(=O)C1N(Cc1ccccc1C=CC1CCC4OC4C1)OC2C1OCOC31)C(Cc1ccccc1)C(=O)NC(CO)CCC(=O)OC(C)(C)C. The van der Waals surface area contributed by atoms with Gasteiger partial charge < -0.3 is 39.0 Å². The maximum absolute atomic E-state index is 15.4. The number of fused-ring (bicyclic) bond motifs is 5. The van der Waals surface area contributed by atoms with Crippen LogP contribution in [0.3, 0.4) is 0 Å². The van der Waals surface area contributed by atoms with Crippen LogP contribution in [0, 0.1) is 11.3 Å². The fraction of sp³-hybridized carbons (Fsp3) is 0.591. The molecule has 14 nitrogen and oxygen atoms in total. The molecule has 4 aliphatic heterocycles. The van der Waals surface area contributed by atoms with E-state index >= 15 is 4.79 Å². The average Bonchev–Trinajstić information content (AvgIpc) is 3.63. The zero-order valence-corrected chi connectivity index (χ0v) is 33.6. The summed E-state index contributed by atoms with van der Waals surface area (Å²) in [6.45, 7) is 5.02. The van der Waals surface area contributed by atoms with Crippen LogP contribution in [0.4, 0.5) is 0 Å². The number of aliphatic hydroxyl groups is 1. The van der Waals surface area contributed by atoms with Gasteiger partial charge in [-0.15, -0.1) is 0 Å². The summed E-state index contributed by atoms with van der Waals surface area (Å²) in [7, 11) is 1.57. The summed E-state index contributed by atoms with van der Waals surface area (Å²) in [5.41, 5.74) is 0.515. The van der Waals surface area contributed by atoms with Crippen molar-refractivity contribution in [1.82, 2.24) is 15.3 Å². The van der Waals surface area contributed by atoms with Crippen molar-refractivity contribution in [2.75, 3.05) is 20.4 Å². The molecule has 58 heavy (non-hydrogen) atoms. The fourth-order valence-corrected chi connectivity index (χ4v) is 9.57. The number of hydrogen-bond acceptors (Lipinski definition) is 12. The molecule has 2 amide bonds. The van der Waals surface area contributed by atoms with Crippen LogP contribution >= 0.6 is 0 Å². The zero-order chi connectivity index (χ0) is 40.8. The standard InChI is InChI=1S/C44H55N3O11/c1-43(2,3)57-35(49)19-17-30(24-48)45-40(50)31(20-26-10-6-5-7-11-26)46(4)42(52)44-22-34-36-37(54-25-53-36)39(44)58-47(38(44)41(51)56-34)23-29-13-9-8-12-28(29)16-14-27-15-18-32-33(21-27)55-32/h5-14,16,27,30-34,36-39,48H,15,17-25H2,1-4H3,(H,45,50). The first kappa shape index (κ1) is 40.6. The molecule has 2 bridgehead atoms. The van der Waals surface area contributed by atoms with Gasteiger partial charge in [0.25, 0.3) is 0 Å². The van der Waals surface area contributed by atoms with E-state index in [0.717, 1.165) is 36.0 Å². The van der Waals surface area contributed by atoms with Crippen LogP contribution in [0.2, 0.25) is 0 Å². The van der Waals surface area contributed by atoms with Crippen LogP contribution < -0.4 is 5.32 Å². The maximum Gasteiger partial charge on any atom is 0.327 e. The van der Waals surface area contributed by atoms with E-state index < -0.39 is 83.9 Å². The molecule has 0 spiro atoms. The number of carbonyl (C=O) groups excluding carboxylic acids is 4. The number of likely N-dealkylation sites (N-methyl/N-ethyl adjacent to an activating group) is 1. The van der Waals surface area contributed by atoms with Crippen LogP contribution in [0.1, 0.15) is 76.0 Å². The number of ether oxygens (including phenoxy) is 5. The van der Waals surface area contributed by atoms with Gasteiger partial charge >= 0.3 is 11.9 Å². The van der Waals surface area contributed by atoms with Crippen molar-refractivity contribution in [1.29, 1.82) is 0 Å². The zero-order valence-electron chi connectivity index (χ0n) is 33.6. The number of rotatable bonds is 14. The minimum Gasteiger partial charge on any atom is -0.460 e. The molecule has 2 aromatic rings. The number of amides is 2. The highest BCUT2D eigenvalue weighted by atomic mass is 16.8. The third-order valence-corrected chi connectivity index (χ3v) is 12.5. The molecule has 8 rings (SSSR count). The summed E-state index contributed by atoms with van der Waals surface area (Å²) in [5.74, 6) is -1.61. The molecule has 2 aromatic carbocycles. The third-order valence-electron chi connectivity index (χ3n) is 12.5. The van der Waals surface area contributed by atoms with Crippen molar-refractivity contribution in [3.05, 3.63) is 77.4 Å². The van der Waals surface area contributed by atoms with E-state index in [1.165, 1.54) is 4.90 Å². The van der Waals surface area contributed by atoms with E-state index in [1.54, 1.807) is 32.9 Å². The molecule has 11 unspecified atom stereocenters. The highest BCUT2D eigenvalue weighted by molar-refractivity contribution is 5.96.